The van der Waals surface area contributed by atoms with Gasteiger partial charge in [-0.25, -0.2) is 0 Å². The van der Waals surface area contributed by atoms with Crippen LogP contribution in [0.3, 0.4) is 0 Å². The van der Waals surface area contributed by atoms with Gasteiger partial charge in [0.15, 0.2) is 11.9 Å². The van der Waals surface area contributed by atoms with Crippen LogP contribution in [0.25, 0.3) is 0 Å². The lowest BCUT2D eigenvalue weighted by Gasteiger charge is -2.30. The number of rotatable bonds is 19. The van der Waals surface area contributed by atoms with Crippen LogP contribution in [0.4, 0.5) is 0 Å². The number of carbonyl (C=O) groups is 5. The Morgan fingerprint density at radius 1 is 1.05 bits per heavy atom. The second-order valence-corrected chi connectivity index (χ2v) is 10.2. The number of aryl methyl sites for hydroxylation is 1. The summed E-state index contributed by atoms with van der Waals surface area (Å²) in [5.41, 5.74) is -0.196. The highest BCUT2D eigenvalue weighted by atomic mass is 127. The number of thiol groups is 1. The van der Waals surface area contributed by atoms with Crippen molar-refractivity contribution in [2.75, 3.05) is 13.1 Å². The first-order valence-corrected chi connectivity index (χ1v) is 13.9. The summed E-state index contributed by atoms with van der Waals surface area (Å²) in [5.74, 6) is -1.01. The van der Waals surface area contributed by atoms with Crippen LogP contribution in [0.5, 0.6) is 0 Å². The van der Waals surface area contributed by atoms with Crippen molar-refractivity contribution < 1.29 is 24.0 Å². The number of hydrogen-bond acceptors (Lipinski definition) is 8. The summed E-state index contributed by atoms with van der Waals surface area (Å²) in [6.07, 6.45) is 4.15. The highest BCUT2D eigenvalue weighted by Gasteiger charge is 2.31. The first-order chi connectivity index (χ1) is 17.7. The van der Waals surface area contributed by atoms with E-state index in [2.05, 4.69) is 38.8 Å². The second-order valence-electron chi connectivity index (χ2n) is 8.79. The van der Waals surface area contributed by atoms with Gasteiger partial charge in [-0.15, -0.1) is 0 Å². The van der Waals surface area contributed by atoms with E-state index in [0.717, 1.165) is 12.0 Å². The van der Waals surface area contributed by atoms with E-state index in [1.807, 2.05) is 37.3 Å². The Hall–Kier alpha value is -2.03. The molecule has 12 heteroatoms. The van der Waals surface area contributed by atoms with E-state index in [-0.39, 0.29) is 28.6 Å². The molecule has 0 heterocycles. The van der Waals surface area contributed by atoms with Crippen molar-refractivity contribution >= 4 is 63.2 Å². The van der Waals surface area contributed by atoms with Gasteiger partial charge < -0.3 is 16.0 Å². The molecule has 0 bridgehead atoms. The van der Waals surface area contributed by atoms with Crippen LogP contribution in [-0.4, -0.2) is 58.6 Å². The average molecular weight is 648 g/mol. The van der Waals surface area contributed by atoms with Crippen LogP contribution in [0.15, 0.2) is 30.3 Å². The van der Waals surface area contributed by atoms with Gasteiger partial charge >= 0.3 is 0 Å². The largest absolute Gasteiger partial charge is 0.345 e. The summed E-state index contributed by atoms with van der Waals surface area (Å²) in [7, 11) is 0. The Labute approximate surface area is 237 Å². The van der Waals surface area contributed by atoms with Crippen molar-refractivity contribution in [1.82, 2.24) is 26.0 Å². The molecule has 0 fully saturated rings. The molecule has 0 saturated heterocycles. The second kappa shape index (κ2) is 18.3. The van der Waals surface area contributed by atoms with Crippen LogP contribution < -0.4 is 26.0 Å². The Bertz CT molecular complexity index is 891. The summed E-state index contributed by atoms with van der Waals surface area (Å²) in [5, 5.41) is 11.1. The minimum Gasteiger partial charge on any atom is -0.345 e. The van der Waals surface area contributed by atoms with Gasteiger partial charge in [-0.3, -0.25) is 34.0 Å². The van der Waals surface area contributed by atoms with Crippen molar-refractivity contribution in [3.8, 4) is 0 Å². The molecule has 1 unspecified atom stereocenters. The molecule has 10 nitrogen and oxygen atoms in total. The zero-order valence-corrected chi connectivity index (χ0v) is 24.4. The summed E-state index contributed by atoms with van der Waals surface area (Å²) < 4.78 is 2.35. The molecule has 1 aromatic carbocycles. The quantitative estimate of drug-likeness (QED) is 0.0334. The standard InChI is InChI=1S/C25H38IN5O5S/c1-3-9-22(34)31-25(17-32,16-28-37)27-15-8-14-20(23(26)35)30-24(36)21(29-18(2)33)13-7-12-19-10-5-4-6-11-19/h4-6,10-11,17,20-21,27-28,37H,3,7-9,12-16H2,1-2H3,(H,29,33)(H,30,36)(H,31,34)/t20-,21-,25?/m0/s1. The van der Waals surface area contributed by atoms with E-state index in [1.54, 1.807) is 22.6 Å². The van der Waals surface area contributed by atoms with Crippen LogP contribution in [0.1, 0.15) is 57.9 Å². The molecule has 3 amide bonds. The molecule has 0 saturated carbocycles. The number of carbonyl (C=O) groups excluding carboxylic acids is 5. The Balaban J connectivity index is 2.68. The Morgan fingerprint density at radius 3 is 2.30 bits per heavy atom. The highest BCUT2D eigenvalue weighted by molar-refractivity contribution is 14.1. The fraction of sp³-hybridized carbons (Fsp3) is 0.560. The fourth-order valence-corrected chi connectivity index (χ4v) is 4.44. The number of hydrogen-bond donors (Lipinski definition) is 6. The molecular weight excluding hydrogens is 609 g/mol. The third-order valence-corrected chi connectivity index (χ3v) is 6.50. The predicted molar refractivity (Wildman–Crippen MR) is 154 cm³/mol. The summed E-state index contributed by atoms with van der Waals surface area (Å²) in [6.45, 7) is 3.56. The number of amides is 3. The van der Waals surface area contributed by atoms with Crippen LogP contribution in [0, 0.1) is 0 Å². The van der Waals surface area contributed by atoms with E-state index in [4.69, 9.17) is 0 Å². The normalized spacial score (nSPS) is 14.1. The molecule has 3 atom stereocenters. The van der Waals surface area contributed by atoms with Crippen molar-refractivity contribution in [3.63, 3.8) is 0 Å². The summed E-state index contributed by atoms with van der Waals surface area (Å²) in [4.78, 5) is 60.7. The maximum atomic E-state index is 12.9. The maximum Gasteiger partial charge on any atom is 0.243 e. The maximum absolute atomic E-state index is 12.9. The van der Waals surface area contributed by atoms with Gasteiger partial charge in [0.2, 0.25) is 21.5 Å². The van der Waals surface area contributed by atoms with Gasteiger partial charge in [0, 0.05) is 42.5 Å². The average Bonchev–Trinajstić information content (AvgIpc) is 2.85. The minimum absolute atomic E-state index is 0.0574. The van der Waals surface area contributed by atoms with Crippen molar-refractivity contribution in [3.05, 3.63) is 35.9 Å². The predicted octanol–water partition coefficient (Wildman–Crippen LogP) is 1.58. The van der Waals surface area contributed by atoms with E-state index >= 15 is 0 Å². The van der Waals surface area contributed by atoms with Gasteiger partial charge in [-0.2, -0.15) is 0 Å². The van der Waals surface area contributed by atoms with Gasteiger partial charge in [0.1, 0.15) is 6.04 Å². The van der Waals surface area contributed by atoms with Crippen molar-refractivity contribution in [2.45, 2.75) is 76.5 Å². The zero-order valence-electron chi connectivity index (χ0n) is 21.3. The van der Waals surface area contributed by atoms with E-state index < -0.39 is 23.7 Å². The molecule has 0 aliphatic heterocycles. The third-order valence-electron chi connectivity index (χ3n) is 5.59. The summed E-state index contributed by atoms with van der Waals surface area (Å²) >= 11 is 5.59. The fourth-order valence-electron chi connectivity index (χ4n) is 3.73. The van der Waals surface area contributed by atoms with Crippen LogP contribution in [0.2, 0.25) is 0 Å². The van der Waals surface area contributed by atoms with Crippen molar-refractivity contribution in [1.29, 1.82) is 0 Å². The Morgan fingerprint density at radius 2 is 1.73 bits per heavy atom. The smallest absolute Gasteiger partial charge is 0.243 e. The lowest BCUT2D eigenvalue weighted by atomic mass is 10.0. The molecule has 0 aliphatic rings. The summed E-state index contributed by atoms with van der Waals surface area (Å²) in [6, 6.07) is 8.34. The molecule has 0 spiro atoms. The molecule has 37 heavy (non-hydrogen) atoms. The van der Waals surface area contributed by atoms with Gasteiger partial charge in [-0.1, -0.05) is 50.1 Å². The molecule has 5 N–H and O–H groups in total. The number of benzene rings is 1. The SMILES string of the molecule is CCCC(=O)NC(C=O)(CNS)NCCC[C@H](NC(=O)[C@H](CCCc1ccccc1)NC(C)=O)C(=O)I. The van der Waals surface area contributed by atoms with E-state index in [1.165, 1.54) is 6.92 Å². The lowest BCUT2D eigenvalue weighted by Crippen LogP contribution is -2.64. The molecule has 206 valence electrons. The topological polar surface area (TPSA) is 146 Å². The van der Waals surface area contributed by atoms with Gasteiger partial charge in [0.25, 0.3) is 0 Å². The molecule has 0 aliphatic carbocycles. The van der Waals surface area contributed by atoms with Gasteiger partial charge in [-0.05, 0) is 50.6 Å². The van der Waals surface area contributed by atoms with Crippen molar-refractivity contribution in [2.24, 2.45) is 0 Å². The molecule has 1 rings (SSSR count). The molecule has 1 aromatic rings. The lowest BCUT2D eigenvalue weighted by molar-refractivity contribution is -0.129. The number of halogens is 1. The van der Waals surface area contributed by atoms with E-state index in [9.17, 15) is 24.0 Å². The van der Waals surface area contributed by atoms with Gasteiger partial charge in [0.05, 0.1) is 6.04 Å². The van der Waals surface area contributed by atoms with E-state index in [0.29, 0.717) is 44.9 Å². The first kappa shape index (κ1) is 33.0. The number of aldehydes is 1. The first-order valence-electron chi connectivity index (χ1n) is 12.4. The van der Waals surface area contributed by atoms with Crippen LogP contribution >= 0.6 is 35.4 Å². The molecular formula is C25H38IN5O5S. The highest BCUT2D eigenvalue weighted by Crippen LogP contribution is 2.10. The third kappa shape index (κ3) is 13.4. The molecule has 0 aromatic heterocycles. The molecule has 0 radical (unpaired) electrons. The minimum atomic E-state index is -1.34. The Kier molecular flexibility index (Phi) is 16.3. The zero-order chi connectivity index (χ0) is 27.7. The van der Waals surface area contributed by atoms with Crippen LogP contribution in [-0.2, 0) is 30.4 Å². The monoisotopic (exact) mass is 647 g/mol. The number of nitrogens with one attached hydrogen (secondary N) is 5.